The first-order valence-corrected chi connectivity index (χ1v) is 11.4. The second kappa shape index (κ2) is 8.42. The molecule has 2 aromatic carbocycles. The number of benzene rings is 2. The molecule has 0 bridgehead atoms. The maximum Gasteiger partial charge on any atom is 0.314 e. The number of nitrogens with one attached hydrogen (secondary N) is 2. The van der Waals surface area contributed by atoms with Crippen LogP contribution in [0.25, 0.3) is 5.69 Å². The lowest BCUT2D eigenvalue weighted by molar-refractivity contribution is -0.136. The molecule has 0 aliphatic carbocycles. The number of anilines is 1. The largest absolute Gasteiger partial charge is 0.497 e. The number of ether oxygens (including phenoxy) is 1. The van der Waals surface area contributed by atoms with E-state index in [1.165, 1.54) is 36.1 Å². The molecule has 4 rings (SSSR count). The maximum atomic E-state index is 13.0. The Balaban J connectivity index is 1.56. The number of hydrogen-bond donors (Lipinski definition) is 2. The number of hydrogen-bond acceptors (Lipinski definition) is 6. The van der Waals surface area contributed by atoms with Crippen molar-refractivity contribution < 1.29 is 27.1 Å². The summed E-state index contributed by atoms with van der Waals surface area (Å²) in [5, 5.41) is 9.29. The molecule has 9 nitrogen and oxygen atoms in total. The highest BCUT2D eigenvalue weighted by atomic mass is 32.2. The average Bonchev–Trinajstić information content (AvgIpc) is 3.25. The number of carbonyl (C=O) groups excluding carboxylic acids is 2. The highest BCUT2D eigenvalue weighted by molar-refractivity contribution is 7.90. The van der Waals surface area contributed by atoms with Gasteiger partial charge in [-0.25, -0.2) is 17.5 Å². The van der Waals surface area contributed by atoms with Gasteiger partial charge in [-0.05, 0) is 42.0 Å². The molecule has 2 heterocycles. The van der Waals surface area contributed by atoms with Gasteiger partial charge in [-0.1, -0.05) is 12.1 Å². The lowest BCUT2D eigenvalue weighted by Gasteiger charge is -2.12. The van der Waals surface area contributed by atoms with Crippen LogP contribution in [0.3, 0.4) is 0 Å². The van der Waals surface area contributed by atoms with Gasteiger partial charge < -0.3 is 15.4 Å². The van der Waals surface area contributed by atoms with Crippen molar-refractivity contribution in [1.29, 1.82) is 0 Å². The van der Waals surface area contributed by atoms with Gasteiger partial charge in [-0.15, -0.1) is 0 Å². The molecule has 0 fully saturated rings. The van der Waals surface area contributed by atoms with E-state index in [1.807, 2.05) is 0 Å². The average molecular weight is 458 g/mol. The summed E-state index contributed by atoms with van der Waals surface area (Å²) in [5.41, 5.74) is 1.84. The molecule has 0 saturated carbocycles. The number of fused-ring (bicyclic) bond motifs is 1. The molecule has 1 aromatic heterocycles. The van der Waals surface area contributed by atoms with Gasteiger partial charge in [0.25, 0.3) is 0 Å². The summed E-state index contributed by atoms with van der Waals surface area (Å²) in [7, 11) is -1.85. The molecule has 11 heteroatoms. The molecule has 166 valence electrons. The van der Waals surface area contributed by atoms with Crippen molar-refractivity contribution in [2.75, 3.05) is 12.4 Å². The molecule has 1 aliphatic rings. The van der Waals surface area contributed by atoms with E-state index in [9.17, 15) is 22.4 Å². The zero-order valence-electron chi connectivity index (χ0n) is 17.0. The van der Waals surface area contributed by atoms with Gasteiger partial charge in [-0.2, -0.15) is 5.10 Å². The van der Waals surface area contributed by atoms with Crippen LogP contribution in [0, 0.1) is 5.82 Å². The Morgan fingerprint density at radius 3 is 2.41 bits per heavy atom. The first kappa shape index (κ1) is 21.5. The fourth-order valence-electron chi connectivity index (χ4n) is 3.31. The molecule has 32 heavy (non-hydrogen) atoms. The fourth-order valence-corrected chi connectivity index (χ4v) is 4.80. The van der Waals surface area contributed by atoms with Gasteiger partial charge >= 0.3 is 11.8 Å². The van der Waals surface area contributed by atoms with Crippen LogP contribution < -0.4 is 15.4 Å². The molecule has 2 N–H and O–H groups in total. The van der Waals surface area contributed by atoms with Crippen molar-refractivity contribution in [3.63, 3.8) is 0 Å². The van der Waals surface area contributed by atoms with Gasteiger partial charge in [0, 0.05) is 12.1 Å². The van der Waals surface area contributed by atoms with E-state index in [4.69, 9.17) is 4.74 Å². The summed E-state index contributed by atoms with van der Waals surface area (Å²) in [6.07, 6.45) is 0. The Morgan fingerprint density at radius 2 is 1.75 bits per heavy atom. The smallest absolute Gasteiger partial charge is 0.314 e. The van der Waals surface area contributed by atoms with Gasteiger partial charge in [0.1, 0.15) is 17.4 Å². The summed E-state index contributed by atoms with van der Waals surface area (Å²) in [6.45, 7) is 0.0246. The summed E-state index contributed by atoms with van der Waals surface area (Å²) >= 11 is 0. The minimum Gasteiger partial charge on any atom is -0.497 e. The number of carbonyl (C=O) groups is 2. The van der Waals surface area contributed by atoms with Gasteiger partial charge in [0.05, 0.1) is 30.0 Å². The number of nitrogens with zero attached hydrogens (tertiary/aromatic N) is 2. The number of sulfone groups is 1. The minimum atomic E-state index is -3.38. The van der Waals surface area contributed by atoms with Crippen molar-refractivity contribution in [3.05, 3.63) is 71.2 Å². The van der Waals surface area contributed by atoms with Gasteiger partial charge in [0.2, 0.25) is 0 Å². The molecule has 2 amide bonds. The number of methoxy groups -OCH3 is 1. The monoisotopic (exact) mass is 458 g/mol. The zero-order chi connectivity index (χ0) is 22.9. The first-order valence-electron chi connectivity index (χ1n) is 9.55. The molecule has 0 unspecified atom stereocenters. The molecular weight excluding hydrogens is 439 g/mol. The molecule has 1 aliphatic heterocycles. The summed E-state index contributed by atoms with van der Waals surface area (Å²) in [6, 6.07) is 12.3. The van der Waals surface area contributed by atoms with Crippen molar-refractivity contribution >= 4 is 27.5 Å². The fraction of sp³-hybridized carbons (Fsp3) is 0.190. The van der Waals surface area contributed by atoms with Crippen LogP contribution in [0.2, 0.25) is 0 Å². The van der Waals surface area contributed by atoms with Crippen molar-refractivity contribution in [1.82, 2.24) is 15.1 Å². The Bertz CT molecular complexity index is 1280. The van der Waals surface area contributed by atoms with Crippen LogP contribution in [0.1, 0.15) is 16.8 Å². The standard InChI is InChI=1S/C21H19FN4O5S/c1-31-16-8-6-15(7-9-16)26-19(17-11-32(29,30)12-18(17)25-26)24-21(28)20(27)23-10-13-2-4-14(22)5-3-13/h2-9H,10-12H2,1H3,(H,23,27)(H,24,28). The maximum absolute atomic E-state index is 13.0. The third-order valence-electron chi connectivity index (χ3n) is 4.91. The topological polar surface area (TPSA) is 119 Å². The van der Waals surface area contributed by atoms with Crippen molar-refractivity contribution in [3.8, 4) is 11.4 Å². The number of rotatable bonds is 5. The Labute approximate surface area is 183 Å². The number of aromatic nitrogens is 2. The summed E-state index contributed by atoms with van der Waals surface area (Å²) < 4.78 is 43.6. The van der Waals surface area contributed by atoms with Crippen LogP contribution in [0.5, 0.6) is 5.75 Å². The third kappa shape index (κ3) is 4.47. The quantitative estimate of drug-likeness (QED) is 0.562. The molecule has 0 atom stereocenters. The SMILES string of the molecule is COc1ccc(-n2nc3c(c2NC(=O)C(=O)NCc2ccc(F)cc2)CS(=O)(=O)C3)cc1. The Morgan fingerprint density at radius 1 is 1.06 bits per heavy atom. The third-order valence-corrected chi connectivity index (χ3v) is 6.35. The molecule has 0 spiro atoms. The highest BCUT2D eigenvalue weighted by Gasteiger charge is 2.33. The van der Waals surface area contributed by atoms with E-state index in [2.05, 4.69) is 15.7 Å². The molecule has 0 saturated heterocycles. The summed E-state index contributed by atoms with van der Waals surface area (Å²) in [5.74, 6) is -2.11. The second-order valence-corrected chi connectivity index (χ2v) is 9.24. The van der Waals surface area contributed by atoms with Crippen LogP contribution in [0.15, 0.2) is 48.5 Å². The van der Waals surface area contributed by atoms with E-state index < -0.39 is 27.5 Å². The lowest BCUT2D eigenvalue weighted by atomic mass is 10.2. The van der Waals surface area contributed by atoms with Crippen molar-refractivity contribution in [2.24, 2.45) is 0 Å². The first-order chi connectivity index (χ1) is 15.3. The van der Waals surface area contributed by atoms with E-state index in [0.717, 1.165) is 0 Å². The summed E-state index contributed by atoms with van der Waals surface area (Å²) in [4.78, 5) is 24.8. The van der Waals surface area contributed by atoms with Crippen LogP contribution in [0.4, 0.5) is 10.2 Å². The predicted octanol–water partition coefficient (Wildman–Crippen LogP) is 1.70. The normalized spacial score (nSPS) is 13.9. The van der Waals surface area contributed by atoms with E-state index >= 15 is 0 Å². The molecule has 3 aromatic rings. The number of halogens is 1. The predicted molar refractivity (Wildman–Crippen MR) is 113 cm³/mol. The molecular formula is C21H19FN4O5S. The molecule has 0 radical (unpaired) electrons. The minimum absolute atomic E-state index is 0.0246. The van der Waals surface area contributed by atoms with E-state index in [-0.39, 0.29) is 23.9 Å². The van der Waals surface area contributed by atoms with E-state index in [1.54, 1.807) is 24.3 Å². The van der Waals surface area contributed by atoms with Crippen molar-refractivity contribution in [2.45, 2.75) is 18.1 Å². The van der Waals surface area contributed by atoms with Gasteiger partial charge in [-0.3, -0.25) is 9.59 Å². The highest BCUT2D eigenvalue weighted by Crippen LogP contribution is 2.33. The van der Waals surface area contributed by atoms with Gasteiger partial charge in [0.15, 0.2) is 9.84 Å². The van der Waals surface area contributed by atoms with Crippen LogP contribution in [-0.4, -0.2) is 37.1 Å². The lowest BCUT2D eigenvalue weighted by Crippen LogP contribution is -2.35. The van der Waals surface area contributed by atoms with Crippen LogP contribution in [-0.2, 0) is 37.5 Å². The number of amides is 2. The zero-order valence-corrected chi connectivity index (χ0v) is 17.8. The Hall–Kier alpha value is -3.73. The van der Waals surface area contributed by atoms with E-state index in [0.29, 0.717) is 28.3 Å². The second-order valence-electron chi connectivity index (χ2n) is 7.18. The van der Waals surface area contributed by atoms with Crippen LogP contribution >= 0.6 is 0 Å². The Kier molecular flexibility index (Phi) is 5.66.